The number of rotatable bonds is 6. The topological polar surface area (TPSA) is 75.0 Å². The maximum Gasteiger partial charge on any atom is 0.416 e. The van der Waals surface area contributed by atoms with Crippen molar-refractivity contribution < 1.29 is 26.4 Å². The average Bonchev–Trinajstić information content (AvgIpc) is 2.62. The molecule has 4 nitrogen and oxygen atoms in total. The van der Waals surface area contributed by atoms with Crippen molar-refractivity contribution in [1.29, 1.82) is 5.26 Å². The monoisotopic (exact) mass is 395 g/mol. The third-order valence-corrected chi connectivity index (χ3v) is 6.54. The van der Waals surface area contributed by atoms with Gasteiger partial charge in [0.25, 0.3) is 0 Å². The molecule has 2 rings (SSSR count). The smallest absolute Gasteiger partial charge is 0.300 e. The Balaban J connectivity index is 2.63. The number of benzene rings is 2. The molecule has 0 heterocycles. The molecule has 2 aromatic rings. The molecule has 0 N–H and O–H groups in total. The maximum atomic E-state index is 13.2. The zero-order valence-corrected chi connectivity index (χ0v) is 15.1. The summed E-state index contributed by atoms with van der Waals surface area (Å²) in [4.78, 5) is 11.0. The molecule has 0 aliphatic heterocycles. The van der Waals surface area contributed by atoms with Crippen LogP contribution in [-0.2, 0) is 25.6 Å². The molecule has 142 valence electrons. The molecule has 0 fully saturated rings. The minimum Gasteiger partial charge on any atom is -0.300 e. The van der Waals surface area contributed by atoms with Gasteiger partial charge in [0.2, 0.25) is 9.84 Å². The number of Topliss-reactive ketones (excluding diaryl/α,β-unsaturated/α-hetero) is 1. The van der Waals surface area contributed by atoms with Crippen LogP contribution in [0.5, 0.6) is 0 Å². The van der Waals surface area contributed by atoms with Crippen LogP contribution in [0.15, 0.2) is 59.5 Å². The van der Waals surface area contributed by atoms with Gasteiger partial charge in [0.15, 0.2) is 4.75 Å². The highest BCUT2D eigenvalue weighted by Gasteiger charge is 2.47. The van der Waals surface area contributed by atoms with E-state index in [9.17, 15) is 31.6 Å². The van der Waals surface area contributed by atoms with Crippen LogP contribution < -0.4 is 0 Å². The van der Waals surface area contributed by atoms with E-state index >= 15 is 0 Å². The van der Waals surface area contributed by atoms with Gasteiger partial charge in [0, 0.05) is 6.42 Å². The zero-order chi connectivity index (χ0) is 20.3. The van der Waals surface area contributed by atoms with Crippen molar-refractivity contribution in [3.8, 4) is 6.07 Å². The highest BCUT2D eigenvalue weighted by molar-refractivity contribution is 7.92. The van der Waals surface area contributed by atoms with E-state index in [2.05, 4.69) is 0 Å². The number of ketones is 1. The van der Waals surface area contributed by atoms with Crippen LogP contribution in [0.4, 0.5) is 13.2 Å². The molecule has 0 aromatic heterocycles. The summed E-state index contributed by atoms with van der Waals surface area (Å²) in [6, 6.07) is 12.4. The Bertz CT molecular complexity index is 962. The molecule has 27 heavy (non-hydrogen) atoms. The van der Waals surface area contributed by atoms with Crippen molar-refractivity contribution in [3.05, 3.63) is 65.7 Å². The van der Waals surface area contributed by atoms with E-state index in [-0.39, 0.29) is 24.2 Å². The summed E-state index contributed by atoms with van der Waals surface area (Å²) in [6.45, 7) is 1.28. The van der Waals surface area contributed by atoms with Gasteiger partial charge in [-0.25, -0.2) is 8.42 Å². The summed E-state index contributed by atoms with van der Waals surface area (Å²) < 4.78 is 62.7. The lowest BCUT2D eigenvalue weighted by atomic mass is 9.93. The van der Waals surface area contributed by atoms with Crippen molar-refractivity contribution in [2.75, 3.05) is 0 Å². The maximum absolute atomic E-state index is 13.2. The Morgan fingerprint density at radius 3 is 2.00 bits per heavy atom. The Kier molecular flexibility index (Phi) is 5.76. The van der Waals surface area contributed by atoms with Crippen molar-refractivity contribution in [1.82, 2.24) is 0 Å². The summed E-state index contributed by atoms with van der Waals surface area (Å²) in [5.74, 6) is -0.298. The summed E-state index contributed by atoms with van der Waals surface area (Å²) in [5.41, 5.74) is -0.832. The van der Waals surface area contributed by atoms with E-state index in [0.717, 1.165) is 12.1 Å². The number of alkyl halides is 3. The number of hydrogen-bond acceptors (Lipinski definition) is 4. The molecule has 0 saturated carbocycles. The molecule has 0 radical (unpaired) electrons. The molecule has 0 aliphatic carbocycles. The Labute approximate surface area is 155 Å². The molecule has 8 heteroatoms. The van der Waals surface area contributed by atoms with E-state index in [4.69, 9.17) is 0 Å². The number of hydrogen-bond donors (Lipinski definition) is 0. The van der Waals surface area contributed by atoms with Crippen molar-refractivity contribution in [2.45, 2.75) is 35.6 Å². The molecule has 0 spiro atoms. The SMILES string of the molecule is CC(=O)CC[C@](C#N)(c1ccccc1)S(=O)(=O)c1ccc(C(F)(F)F)cc1. The van der Waals surface area contributed by atoms with Gasteiger partial charge in [-0.3, -0.25) is 0 Å². The van der Waals surface area contributed by atoms with Crippen LogP contribution in [-0.4, -0.2) is 14.2 Å². The Hall–Kier alpha value is -2.66. The van der Waals surface area contributed by atoms with Gasteiger partial charge < -0.3 is 4.79 Å². The molecule has 0 amide bonds. The van der Waals surface area contributed by atoms with Gasteiger partial charge in [-0.1, -0.05) is 30.3 Å². The lowest BCUT2D eigenvalue weighted by Gasteiger charge is -2.27. The van der Waals surface area contributed by atoms with Gasteiger partial charge in [-0.2, -0.15) is 18.4 Å². The molecule has 2 aromatic carbocycles. The predicted molar refractivity (Wildman–Crippen MR) is 92.3 cm³/mol. The van der Waals surface area contributed by atoms with E-state index in [1.165, 1.54) is 19.1 Å². The summed E-state index contributed by atoms with van der Waals surface area (Å²) >= 11 is 0. The molecular weight excluding hydrogens is 379 g/mol. The van der Waals surface area contributed by atoms with Crippen LogP contribution in [0.25, 0.3) is 0 Å². The Morgan fingerprint density at radius 2 is 1.56 bits per heavy atom. The van der Waals surface area contributed by atoms with Gasteiger partial charge in [0.05, 0.1) is 16.5 Å². The molecule has 0 bridgehead atoms. The standard InChI is InChI=1S/C19H16F3NO3S/c1-14(24)11-12-18(13-23,15-5-3-2-4-6-15)27(25,26)17-9-7-16(8-10-17)19(20,21)22/h2-10H,11-12H2,1H3/t18-/m0/s1. The first-order valence-electron chi connectivity index (χ1n) is 7.93. The van der Waals surface area contributed by atoms with Crippen molar-refractivity contribution in [3.63, 3.8) is 0 Å². The van der Waals surface area contributed by atoms with Gasteiger partial charge in [0.1, 0.15) is 5.78 Å². The molecule has 0 saturated heterocycles. The third kappa shape index (κ3) is 4.03. The number of nitrogens with zero attached hydrogens (tertiary/aromatic N) is 1. The lowest BCUT2D eigenvalue weighted by molar-refractivity contribution is -0.137. The van der Waals surface area contributed by atoms with Crippen LogP contribution >= 0.6 is 0 Å². The first-order valence-corrected chi connectivity index (χ1v) is 9.41. The fourth-order valence-electron chi connectivity index (χ4n) is 2.70. The summed E-state index contributed by atoms with van der Waals surface area (Å²) in [6.07, 6.45) is -5.07. The number of nitriles is 1. The van der Waals surface area contributed by atoms with Gasteiger partial charge >= 0.3 is 6.18 Å². The second-order valence-corrected chi connectivity index (χ2v) is 8.21. The van der Waals surface area contributed by atoms with Crippen LogP contribution in [0.1, 0.15) is 30.9 Å². The van der Waals surface area contributed by atoms with Gasteiger partial charge in [-0.05, 0) is 43.2 Å². The minimum atomic E-state index is -4.61. The second-order valence-electron chi connectivity index (χ2n) is 6.03. The number of carbonyl (C=O) groups excluding carboxylic acids is 1. The van der Waals surface area contributed by atoms with E-state index < -0.39 is 31.2 Å². The van der Waals surface area contributed by atoms with E-state index in [0.29, 0.717) is 12.1 Å². The highest BCUT2D eigenvalue weighted by atomic mass is 32.2. The first kappa shape index (κ1) is 20.6. The van der Waals surface area contributed by atoms with E-state index in [1.54, 1.807) is 18.2 Å². The molecule has 1 atom stereocenters. The number of sulfone groups is 1. The minimum absolute atomic E-state index is 0.161. The van der Waals surface area contributed by atoms with Crippen LogP contribution in [0.2, 0.25) is 0 Å². The number of halogens is 3. The largest absolute Gasteiger partial charge is 0.416 e. The van der Waals surface area contributed by atoms with Gasteiger partial charge in [-0.15, -0.1) is 0 Å². The third-order valence-electron chi connectivity index (χ3n) is 4.20. The fraction of sp³-hybridized carbons (Fsp3) is 0.263. The summed E-state index contributed by atoms with van der Waals surface area (Å²) in [7, 11) is -4.40. The molecule has 0 unspecified atom stereocenters. The molecule has 0 aliphatic rings. The Morgan fingerprint density at radius 1 is 1.00 bits per heavy atom. The second kappa shape index (κ2) is 7.53. The normalized spacial score (nSPS) is 14.2. The highest BCUT2D eigenvalue weighted by Crippen LogP contribution is 2.40. The van der Waals surface area contributed by atoms with Crippen molar-refractivity contribution >= 4 is 15.6 Å². The zero-order valence-electron chi connectivity index (χ0n) is 14.3. The predicted octanol–water partition coefficient (Wildman–Crippen LogP) is 4.27. The van der Waals surface area contributed by atoms with Crippen LogP contribution in [0, 0.1) is 11.3 Å². The van der Waals surface area contributed by atoms with Crippen molar-refractivity contribution in [2.24, 2.45) is 0 Å². The van der Waals surface area contributed by atoms with E-state index in [1.807, 2.05) is 6.07 Å². The quantitative estimate of drug-likeness (QED) is 0.732. The molecular formula is C19H16F3NO3S. The fourth-order valence-corrected chi connectivity index (χ4v) is 4.53. The number of carbonyl (C=O) groups is 1. The summed E-state index contributed by atoms with van der Waals surface area (Å²) in [5, 5.41) is 9.80. The lowest BCUT2D eigenvalue weighted by Crippen LogP contribution is -2.35. The van der Waals surface area contributed by atoms with Crippen LogP contribution in [0.3, 0.4) is 0 Å². The first-order chi connectivity index (χ1) is 12.5. The average molecular weight is 395 g/mol.